The molecule has 0 aliphatic carbocycles. The van der Waals surface area contributed by atoms with Gasteiger partial charge in [-0.1, -0.05) is 80.1 Å². The minimum Gasteiger partial charge on any atom is -0.396 e. The normalized spacial score (nSPS) is 12.4. The second kappa shape index (κ2) is 11.1. The lowest BCUT2D eigenvalue weighted by atomic mass is 9.75. The van der Waals surface area contributed by atoms with Crippen LogP contribution in [-0.2, 0) is 10.8 Å². The number of hydrogen-bond acceptors (Lipinski definition) is 2. The number of unbranched alkanes of at least 4 members (excludes halogenated alkanes) is 7. The van der Waals surface area contributed by atoms with Gasteiger partial charge in [0.15, 0.2) is 5.78 Å². The van der Waals surface area contributed by atoms with E-state index in [-0.39, 0.29) is 10.8 Å². The second-order valence-corrected chi connectivity index (χ2v) is 10.4. The summed E-state index contributed by atoms with van der Waals surface area (Å²) in [6.07, 6.45) is 9.75. The van der Waals surface area contributed by atoms with E-state index in [1.807, 2.05) is 0 Å². The topological polar surface area (TPSA) is 37.3 Å². The first-order chi connectivity index (χ1) is 13.0. The largest absolute Gasteiger partial charge is 0.396 e. The van der Waals surface area contributed by atoms with E-state index in [1.165, 1.54) is 42.4 Å². The molecule has 1 aromatic carbocycles. The van der Waals surface area contributed by atoms with E-state index in [1.54, 1.807) is 0 Å². The van der Waals surface area contributed by atoms with Gasteiger partial charge in [0.05, 0.1) is 0 Å². The number of aliphatic hydroxyl groups is 1. The maximum absolute atomic E-state index is 12.9. The first-order valence-corrected chi connectivity index (χ1v) is 11.3. The monoisotopic (exact) mass is 388 g/mol. The Morgan fingerprint density at radius 3 is 1.54 bits per heavy atom. The molecule has 2 nitrogen and oxygen atoms in total. The predicted octanol–water partition coefficient (Wildman–Crippen LogP) is 7.28. The van der Waals surface area contributed by atoms with Crippen LogP contribution in [0.15, 0.2) is 12.1 Å². The lowest BCUT2D eigenvalue weighted by Crippen LogP contribution is -2.21. The molecule has 0 amide bonds. The van der Waals surface area contributed by atoms with Gasteiger partial charge in [-0.2, -0.15) is 0 Å². The number of benzene rings is 1. The number of carbonyl (C=O) groups excluding carboxylic acids is 1. The molecule has 0 aromatic heterocycles. The molecule has 2 heteroatoms. The highest BCUT2D eigenvalue weighted by Gasteiger charge is 2.25. The maximum Gasteiger partial charge on any atom is 0.162 e. The molecular weight excluding hydrogens is 344 g/mol. The van der Waals surface area contributed by atoms with Crippen LogP contribution in [0.4, 0.5) is 0 Å². The van der Waals surface area contributed by atoms with Crippen LogP contribution in [0.1, 0.15) is 126 Å². The minimum atomic E-state index is 0.0381. The highest BCUT2D eigenvalue weighted by Crippen LogP contribution is 2.35. The number of hydrogen-bond donors (Lipinski definition) is 1. The van der Waals surface area contributed by atoms with Crippen molar-refractivity contribution in [2.24, 2.45) is 0 Å². The van der Waals surface area contributed by atoms with E-state index >= 15 is 0 Å². The summed E-state index contributed by atoms with van der Waals surface area (Å²) in [5, 5.41) is 8.79. The summed E-state index contributed by atoms with van der Waals surface area (Å²) < 4.78 is 0. The van der Waals surface area contributed by atoms with Gasteiger partial charge >= 0.3 is 0 Å². The summed E-state index contributed by atoms with van der Waals surface area (Å²) in [5.74, 6) is 0.291. The molecule has 0 aliphatic heterocycles. The molecule has 0 radical (unpaired) electrons. The standard InChI is InChI=1S/C26H44O2/c1-20-22(25(2,3)4)18-21(19-23(20)26(5,6)7)24(28)16-14-12-10-8-9-11-13-15-17-27/h18-19,27H,8-17H2,1-7H3. The van der Waals surface area contributed by atoms with E-state index in [4.69, 9.17) is 5.11 Å². The summed E-state index contributed by atoms with van der Waals surface area (Å²) >= 11 is 0. The predicted molar refractivity (Wildman–Crippen MR) is 122 cm³/mol. The van der Waals surface area contributed by atoms with E-state index in [0.717, 1.165) is 31.2 Å². The van der Waals surface area contributed by atoms with Gasteiger partial charge in [0.25, 0.3) is 0 Å². The van der Waals surface area contributed by atoms with Crippen LogP contribution in [0.25, 0.3) is 0 Å². The third-order valence-electron chi connectivity index (χ3n) is 5.66. The Kier molecular flexibility index (Phi) is 9.90. The number of Topliss-reactive ketones (excluding diaryl/α,β-unsaturated/α-hetero) is 1. The zero-order chi connectivity index (χ0) is 21.4. The van der Waals surface area contributed by atoms with Gasteiger partial charge < -0.3 is 5.11 Å². The number of aliphatic hydroxyl groups excluding tert-OH is 1. The Balaban J connectivity index is 2.68. The average Bonchev–Trinajstić information content (AvgIpc) is 2.58. The summed E-state index contributed by atoms with van der Waals surface area (Å²) in [6, 6.07) is 4.29. The van der Waals surface area contributed by atoms with Crippen molar-refractivity contribution in [2.75, 3.05) is 6.61 Å². The van der Waals surface area contributed by atoms with E-state index in [2.05, 4.69) is 60.6 Å². The van der Waals surface area contributed by atoms with Gasteiger partial charge in [0.2, 0.25) is 0 Å². The molecule has 28 heavy (non-hydrogen) atoms. The Bertz CT molecular complexity index is 579. The van der Waals surface area contributed by atoms with Crippen LogP contribution in [0.5, 0.6) is 0 Å². The van der Waals surface area contributed by atoms with Gasteiger partial charge in [-0.3, -0.25) is 4.79 Å². The number of ketones is 1. The summed E-state index contributed by atoms with van der Waals surface area (Å²) in [4.78, 5) is 12.9. The van der Waals surface area contributed by atoms with E-state index < -0.39 is 0 Å². The highest BCUT2D eigenvalue weighted by molar-refractivity contribution is 5.96. The average molecular weight is 389 g/mol. The zero-order valence-corrected chi connectivity index (χ0v) is 19.6. The Morgan fingerprint density at radius 1 is 0.750 bits per heavy atom. The van der Waals surface area contributed by atoms with Gasteiger partial charge in [0, 0.05) is 18.6 Å². The molecule has 1 N–H and O–H groups in total. The fourth-order valence-electron chi connectivity index (χ4n) is 4.04. The highest BCUT2D eigenvalue weighted by atomic mass is 16.2. The lowest BCUT2D eigenvalue weighted by Gasteiger charge is -2.29. The van der Waals surface area contributed by atoms with Crippen LogP contribution in [0.2, 0.25) is 0 Å². The van der Waals surface area contributed by atoms with Crippen LogP contribution in [-0.4, -0.2) is 17.5 Å². The van der Waals surface area contributed by atoms with Crippen LogP contribution in [0, 0.1) is 6.92 Å². The van der Waals surface area contributed by atoms with Crippen molar-refractivity contribution >= 4 is 5.78 Å². The number of rotatable bonds is 11. The van der Waals surface area contributed by atoms with E-state index in [0.29, 0.717) is 18.8 Å². The zero-order valence-electron chi connectivity index (χ0n) is 19.6. The van der Waals surface area contributed by atoms with Crippen molar-refractivity contribution in [2.45, 2.75) is 117 Å². The van der Waals surface area contributed by atoms with Crippen LogP contribution >= 0.6 is 0 Å². The summed E-state index contributed by atoms with van der Waals surface area (Å²) in [5.41, 5.74) is 4.90. The van der Waals surface area contributed by atoms with Gasteiger partial charge in [-0.05, 0) is 59.4 Å². The van der Waals surface area contributed by atoms with Crippen molar-refractivity contribution in [3.05, 3.63) is 34.4 Å². The fraction of sp³-hybridized carbons (Fsp3) is 0.731. The quantitative estimate of drug-likeness (QED) is 0.319. The lowest BCUT2D eigenvalue weighted by molar-refractivity contribution is 0.0979. The molecule has 0 bridgehead atoms. The Hall–Kier alpha value is -1.15. The maximum atomic E-state index is 12.9. The molecule has 0 spiro atoms. The second-order valence-electron chi connectivity index (χ2n) is 10.4. The Labute approximate surface area is 174 Å². The minimum absolute atomic E-state index is 0.0381. The van der Waals surface area contributed by atoms with Crippen molar-refractivity contribution in [3.8, 4) is 0 Å². The van der Waals surface area contributed by atoms with Crippen molar-refractivity contribution in [3.63, 3.8) is 0 Å². The molecule has 0 fully saturated rings. The van der Waals surface area contributed by atoms with Gasteiger partial charge in [-0.15, -0.1) is 0 Å². The first kappa shape index (κ1) is 24.9. The van der Waals surface area contributed by atoms with Gasteiger partial charge in [0.1, 0.15) is 0 Å². The van der Waals surface area contributed by atoms with Crippen LogP contribution < -0.4 is 0 Å². The SMILES string of the molecule is Cc1c(C(C)(C)C)cc(C(=O)CCCCCCCCCCO)cc1C(C)(C)C. The molecule has 1 aromatic rings. The molecule has 160 valence electrons. The fourth-order valence-corrected chi connectivity index (χ4v) is 4.04. The molecule has 0 heterocycles. The molecule has 0 saturated carbocycles. The molecule has 0 atom stereocenters. The molecule has 1 rings (SSSR count). The van der Waals surface area contributed by atoms with Crippen molar-refractivity contribution in [1.29, 1.82) is 0 Å². The van der Waals surface area contributed by atoms with Gasteiger partial charge in [-0.25, -0.2) is 0 Å². The van der Waals surface area contributed by atoms with E-state index in [9.17, 15) is 4.79 Å². The summed E-state index contributed by atoms with van der Waals surface area (Å²) in [7, 11) is 0. The Morgan fingerprint density at radius 2 is 1.14 bits per heavy atom. The first-order valence-electron chi connectivity index (χ1n) is 11.3. The third-order valence-corrected chi connectivity index (χ3v) is 5.66. The van der Waals surface area contributed by atoms with Crippen LogP contribution in [0.3, 0.4) is 0 Å². The molecule has 0 unspecified atom stereocenters. The molecule has 0 aliphatic rings. The third kappa shape index (κ3) is 8.07. The molecular formula is C26H44O2. The summed E-state index contributed by atoms with van der Waals surface area (Å²) in [6.45, 7) is 15.9. The molecule has 0 saturated heterocycles. The van der Waals surface area contributed by atoms with Crippen molar-refractivity contribution < 1.29 is 9.90 Å². The number of carbonyl (C=O) groups is 1. The smallest absolute Gasteiger partial charge is 0.162 e. The van der Waals surface area contributed by atoms with Crippen molar-refractivity contribution in [1.82, 2.24) is 0 Å².